The normalized spacial score (nSPS) is 20.2. The average Bonchev–Trinajstić information content (AvgIpc) is 2.42. The highest BCUT2D eigenvalue weighted by molar-refractivity contribution is 9.10. The van der Waals surface area contributed by atoms with E-state index in [4.69, 9.17) is 5.73 Å². The molecule has 1 aliphatic rings. The van der Waals surface area contributed by atoms with E-state index >= 15 is 0 Å². The minimum atomic E-state index is -0.0397. The van der Waals surface area contributed by atoms with Crippen molar-refractivity contribution in [1.82, 2.24) is 10.2 Å². The van der Waals surface area contributed by atoms with E-state index in [2.05, 4.69) is 33.1 Å². The summed E-state index contributed by atoms with van der Waals surface area (Å²) < 4.78 is 0.818. The highest BCUT2D eigenvalue weighted by atomic mass is 79.9. The zero-order valence-corrected chi connectivity index (χ0v) is 12.7. The van der Waals surface area contributed by atoms with Gasteiger partial charge in [-0.15, -0.1) is 0 Å². The van der Waals surface area contributed by atoms with Gasteiger partial charge in [-0.25, -0.2) is 0 Å². The second kappa shape index (κ2) is 6.39. The Morgan fingerprint density at radius 3 is 3.05 bits per heavy atom. The quantitative estimate of drug-likeness (QED) is 0.838. The minimum Gasteiger partial charge on any atom is -0.398 e. The standard InChI is InChI=1S/C14H20BrN3O/c1-2-18-7-3-4-11(9-18)17-14(19)10-5-6-12(15)13(16)8-10/h5-6,8,11H,2-4,7,9,16H2,1H3,(H,17,19). The summed E-state index contributed by atoms with van der Waals surface area (Å²) in [7, 11) is 0. The van der Waals surface area contributed by atoms with Crippen LogP contribution in [0.25, 0.3) is 0 Å². The summed E-state index contributed by atoms with van der Waals surface area (Å²) in [6.07, 6.45) is 2.19. The zero-order valence-electron chi connectivity index (χ0n) is 11.2. The number of benzene rings is 1. The Labute approximate surface area is 122 Å². The van der Waals surface area contributed by atoms with Gasteiger partial charge in [0.1, 0.15) is 0 Å². The maximum atomic E-state index is 12.2. The summed E-state index contributed by atoms with van der Waals surface area (Å²) in [6, 6.07) is 5.55. The number of nitrogens with one attached hydrogen (secondary N) is 1. The number of nitrogens with two attached hydrogens (primary N) is 1. The fraction of sp³-hybridized carbons (Fsp3) is 0.500. The van der Waals surface area contributed by atoms with Gasteiger partial charge in [0, 0.05) is 28.3 Å². The predicted molar refractivity (Wildman–Crippen MR) is 81.2 cm³/mol. The molecule has 0 aliphatic carbocycles. The molecule has 1 aromatic rings. The van der Waals surface area contributed by atoms with Gasteiger partial charge in [0.25, 0.3) is 5.91 Å². The number of likely N-dealkylation sites (tertiary alicyclic amines) is 1. The number of anilines is 1. The molecule has 1 fully saturated rings. The summed E-state index contributed by atoms with van der Waals surface area (Å²) in [4.78, 5) is 14.5. The molecule has 1 heterocycles. The van der Waals surface area contributed by atoms with Crippen molar-refractivity contribution in [2.24, 2.45) is 0 Å². The first-order valence-corrected chi connectivity index (χ1v) is 7.47. The summed E-state index contributed by atoms with van der Waals surface area (Å²) in [5.74, 6) is -0.0397. The summed E-state index contributed by atoms with van der Waals surface area (Å²) in [5.41, 5.74) is 7.01. The van der Waals surface area contributed by atoms with Crippen LogP contribution in [0.5, 0.6) is 0 Å². The number of halogens is 1. The SMILES string of the molecule is CCN1CCCC(NC(=O)c2ccc(Br)c(N)c2)C1. The Morgan fingerprint density at radius 2 is 2.37 bits per heavy atom. The molecular weight excluding hydrogens is 306 g/mol. The molecule has 1 atom stereocenters. The number of nitrogen functional groups attached to an aromatic ring is 1. The molecule has 2 rings (SSSR count). The second-order valence-corrected chi connectivity index (χ2v) is 5.80. The van der Waals surface area contributed by atoms with Crippen molar-refractivity contribution in [3.8, 4) is 0 Å². The molecule has 1 unspecified atom stereocenters. The van der Waals surface area contributed by atoms with Gasteiger partial charge in [-0.05, 0) is 60.1 Å². The van der Waals surface area contributed by atoms with Gasteiger partial charge < -0.3 is 16.0 Å². The highest BCUT2D eigenvalue weighted by Crippen LogP contribution is 2.20. The molecule has 0 spiro atoms. The van der Waals surface area contributed by atoms with Gasteiger partial charge in [-0.3, -0.25) is 4.79 Å². The van der Waals surface area contributed by atoms with Crippen LogP contribution in [0, 0.1) is 0 Å². The van der Waals surface area contributed by atoms with Crippen molar-refractivity contribution in [1.29, 1.82) is 0 Å². The number of rotatable bonds is 3. The van der Waals surface area contributed by atoms with Crippen molar-refractivity contribution in [2.75, 3.05) is 25.4 Å². The lowest BCUT2D eigenvalue weighted by Gasteiger charge is -2.32. The fourth-order valence-electron chi connectivity index (χ4n) is 2.41. The van der Waals surface area contributed by atoms with Crippen LogP contribution >= 0.6 is 15.9 Å². The van der Waals surface area contributed by atoms with Crippen LogP contribution < -0.4 is 11.1 Å². The third kappa shape index (κ3) is 3.70. The Morgan fingerprint density at radius 1 is 1.58 bits per heavy atom. The predicted octanol–water partition coefficient (Wildman–Crippen LogP) is 2.25. The molecule has 1 aliphatic heterocycles. The maximum absolute atomic E-state index is 12.2. The first-order chi connectivity index (χ1) is 9.10. The maximum Gasteiger partial charge on any atom is 0.251 e. The lowest BCUT2D eigenvalue weighted by Crippen LogP contribution is -2.47. The Kier molecular flexibility index (Phi) is 4.82. The van der Waals surface area contributed by atoms with E-state index in [0.29, 0.717) is 11.3 Å². The number of nitrogens with zero attached hydrogens (tertiary/aromatic N) is 1. The van der Waals surface area contributed by atoms with E-state index in [1.54, 1.807) is 12.1 Å². The average molecular weight is 326 g/mol. The Hall–Kier alpha value is -1.07. The summed E-state index contributed by atoms with van der Waals surface area (Å²) in [6.45, 7) is 5.26. The van der Waals surface area contributed by atoms with Crippen LogP contribution in [-0.4, -0.2) is 36.5 Å². The van der Waals surface area contributed by atoms with E-state index in [9.17, 15) is 4.79 Å². The number of hydrogen-bond donors (Lipinski definition) is 2. The molecule has 3 N–H and O–H groups in total. The number of likely N-dealkylation sites (N-methyl/N-ethyl adjacent to an activating group) is 1. The number of piperidine rings is 1. The van der Waals surface area contributed by atoms with E-state index < -0.39 is 0 Å². The van der Waals surface area contributed by atoms with E-state index in [-0.39, 0.29) is 11.9 Å². The lowest BCUT2D eigenvalue weighted by atomic mass is 10.0. The molecule has 19 heavy (non-hydrogen) atoms. The summed E-state index contributed by atoms with van der Waals surface area (Å²) >= 11 is 3.33. The molecule has 0 aromatic heterocycles. The molecular formula is C14H20BrN3O. The molecule has 1 amide bonds. The third-order valence-electron chi connectivity index (χ3n) is 3.55. The number of carbonyl (C=O) groups excluding carboxylic acids is 1. The fourth-order valence-corrected chi connectivity index (χ4v) is 2.66. The van der Waals surface area contributed by atoms with Crippen molar-refractivity contribution in [3.05, 3.63) is 28.2 Å². The van der Waals surface area contributed by atoms with E-state index in [1.165, 1.54) is 0 Å². The molecule has 104 valence electrons. The molecule has 1 aromatic carbocycles. The van der Waals surface area contributed by atoms with E-state index in [1.807, 2.05) is 6.07 Å². The van der Waals surface area contributed by atoms with Crippen LogP contribution in [0.1, 0.15) is 30.1 Å². The monoisotopic (exact) mass is 325 g/mol. The smallest absolute Gasteiger partial charge is 0.251 e. The van der Waals surface area contributed by atoms with Crippen LogP contribution in [0.2, 0.25) is 0 Å². The third-order valence-corrected chi connectivity index (χ3v) is 4.27. The lowest BCUT2D eigenvalue weighted by molar-refractivity contribution is 0.0906. The molecule has 0 bridgehead atoms. The number of amides is 1. The van der Waals surface area contributed by atoms with Crippen molar-refractivity contribution >= 4 is 27.5 Å². The minimum absolute atomic E-state index is 0.0397. The van der Waals surface area contributed by atoms with Crippen molar-refractivity contribution in [2.45, 2.75) is 25.8 Å². The van der Waals surface area contributed by atoms with Gasteiger partial charge in [0.15, 0.2) is 0 Å². The van der Waals surface area contributed by atoms with E-state index in [0.717, 1.165) is 36.9 Å². The molecule has 1 saturated heterocycles. The number of carbonyl (C=O) groups is 1. The van der Waals surface area contributed by atoms with Gasteiger partial charge in [-0.1, -0.05) is 6.92 Å². The second-order valence-electron chi connectivity index (χ2n) is 4.94. The molecule has 5 heteroatoms. The van der Waals surface area contributed by atoms with Crippen LogP contribution in [0.3, 0.4) is 0 Å². The summed E-state index contributed by atoms with van der Waals surface area (Å²) in [5, 5.41) is 3.09. The highest BCUT2D eigenvalue weighted by Gasteiger charge is 2.20. The van der Waals surface area contributed by atoms with Crippen LogP contribution in [-0.2, 0) is 0 Å². The van der Waals surface area contributed by atoms with Crippen molar-refractivity contribution < 1.29 is 4.79 Å². The van der Waals surface area contributed by atoms with Gasteiger partial charge >= 0.3 is 0 Å². The van der Waals surface area contributed by atoms with Crippen LogP contribution in [0.15, 0.2) is 22.7 Å². The Balaban J connectivity index is 1.98. The van der Waals surface area contributed by atoms with Crippen molar-refractivity contribution in [3.63, 3.8) is 0 Å². The first kappa shape index (κ1) is 14.3. The topological polar surface area (TPSA) is 58.4 Å². The first-order valence-electron chi connectivity index (χ1n) is 6.68. The zero-order chi connectivity index (χ0) is 13.8. The van der Waals surface area contributed by atoms with Gasteiger partial charge in [0.2, 0.25) is 0 Å². The Bertz CT molecular complexity index is 464. The molecule has 0 saturated carbocycles. The van der Waals surface area contributed by atoms with Crippen LogP contribution in [0.4, 0.5) is 5.69 Å². The molecule has 4 nitrogen and oxygen atoms in total. The molecule has 0 radical (unpaired) electrons. The van der Waals surface area contributed by atoms with Gasteiger partial charge in [-0.2, -0.15) is 0 Å². The number of hydrogen-bond acceptors (Lipinski definition) is 3. The largest absolute Gasteiger partial charge is 0.398 e. The van der Waals surface area contributed by atoms with Gasteiger partial charge in [0.05, 0.1) is 0 Å².